The van der Waals surface area contributed by atoms with Crippen molar-refractivity contribution in [3.8, 4) is 0 Å². The lowest BCUT2D eigenvalue weighted by Gasteiger charge is -2.55. The van der Waals surface area contributed by atoms with Gasteiger partial charge in [0.2, 0.25) is 11.8 Å². The van der Waals surface area contributed by atoms with Gasteiger partial charge in [-0.1, -0.05) is 63.2 Å². The number of carbonyl (C=O) groups is 4. The van der Waals surface area contributed by atoms with Crippen molar-refractivity contribution in [2.24, 2.45) is 34.6 Å². The lowest BCUT2D eigenvalue weighted by Crippen LogP contribution is -2.72. The largest absolute Gasteiger partial charge is 0.452 e. The van der Waals surface area contributed by atoms with Crippen LogP contribution in [-0.2, 0) is 32.0 Å². The zero-order chi connectivity index (χ0) is 37.1. The molecule has 1 unspecified atom stereocenters. The molecular weight excluding hydrogens is 665 g/mol. The van der Waals surface area contributed by atoms with Crippen LogP contribution in [0, 0.1) is 23.2 Å². The molecule has 51 heavy (non-hydrogen) atoms. The molecule has 2 aromatic carbocycles. The molecule has 0 heterocycles. The van der Waals surface area contributed by atoms with Crippen molar-refractivity contribution in [3.05, 3.63) is 65.7 Å². The molecule has 4 saturated carbocycles. The molecule has 6 rings (SSSR count). The molecule has 14 heteroatoms. The van der Waals surface area contributed by atoms with E-state index in [1.807, 2.05) is 0 Å². The maximum atomic E-state index is 13.9. The Kier molecular flexibility index (Phi) is 11.0. The van der Waals surface area contributed by atoms with Crippen LogP contribution < -0.4 is 32.4 Å². The molecule has 8 N–H and O–H groups in total. The lowest BCUT2D eigenvalue weighted by atomic mass is 9.54. The molecule has 11 nitrogen and oxygen atoms in total. The van der Waals surface area contributed by atoms with Crippen LogP contribution >= 0.6 is 0 Å². The first-order valence-corrected chi connectivity index (χ1v) is 17.4. The Hall–Kier alpha value is -4.62. The first kappa shape index (κ1) is 37.6. The zero-order valence-corrected chi connectivity index (χ0v) is 29.1. The molecule has 276 valence electrons. The molecule has 0 aliphatic heterocycles. The van der Waals surface area contributed by atoms with E-state index in [1.54, 1.807) is 51.1 Å². The molecule has 3 atom stereocenters. The lowest BCUT2D eigenvalue weighted by molar-refractivity contribution is -0.356. The minimum absolute atomic E-state index is 0.0879. The summed E-state index contributed by atoms with van der Waals surface area (Å²) in [6.45, 7) is 5.23. The van der Waals surface area contributed by atoms with E-state index in [9.17, 15) is 32.3 Å². The van der Waals surface area contributed by atoms with Crippen LogP contribution in [0.15, 0.2) is 54.6 Å². The van der Waals surface area contributed by atoms with E-state index < -0.39 is 65.4 Å². The zero-order valence-electron chi connectivity index (χ0n) is 29.1. The number of rotatable bonds is 12. The molecule has 3 amide bonds. The number of Topliss-reactive ketones (excluding diaryl/α,β-unsaturated/α-hetero) is 1. The van der Waals surface area contributed by atoms with E-state index in [4.69, 9.17) is 16.2 Å². The Morgan fingerprint density at radius 3 is 1.80 bits per heavy atom. The van der Waals surface area contributed by atoms with Gasteiger partial charge in [-0.3, -0.25) is 25.9 Å². The van der Waals surface area contributed by atoms with Gasteiger partial charge in [0.1, 0.15) is 23.7 Å². The molecule has 4 fully saturated rings. The van der Waals surface area contributed by atoms with Gasteiger partial charge in [-0.15, -0.1) is 0 Å². The molecule has 0 saturated heterocycles. The summed E-state index contributed by atoms with van der Waals surface area (Å²) < 4.78 is 47.4. The molecule has 0 spiro atoms. The number of carbonyl (C=O) groups excluding carboxylic acids is 4. The highest BCUT2D eigenvalue weighted by atomic mass is 19.4. The normalized spacial score (nSPS) is 24.1. The molecule has 4 bridgehead atoms. The van der Waals surface area contributed by atoms with Gasteiger partial charge in [0.25, 0.3) is 5.78 Å². The van der Waals surface area contributed by atoms with E-state index >= 15 is 0 Å². The number of alkyl halides is 3. The first-order chi connectivity index (χ1) is 23.9. The van der Waals surface area contributed by atoms with Crippen LogP contribution in [0.5, 0.6) is 0 Å². The summed E-state index contributed by atoms with van der Waals surface area (Å²) in [4.78, 5) is 56.4. The fraction of sp³-hybridized carbons (Fsp3) is 0.541. The highest BCUT2D eigenvalue weighted by molar-refractivity contribution is 5.96. The van der Waals surface area contributed by atoms with Gasteiger partial charge in [-0.25, -0.2) is 9.79 Å². The van der Waals surface area contributed by atoms with Crippen molar-refractivity contribution >= 4 is 35.3 Å². The summed E-state index contributed by atoms with van der Waals surface area (Å²) in [5, 5.41) is 7.65. The van der Waals surface area contributed by atoms with Crippen LogP contribution in [0.3, 0.4) is 0 Å². The van der Waals surface area contributed by atoms with Crippen molar-refractivity contribution in [3.63, 3.8) is 0 Å². The predicted molar refractivity (Wildman–Crippen MR) is 183 cm³/mol. The average Bonchev–Trinajstić information content (AvgIpc) is 3.02. The van der Waals surface area contributed by atoms with Crippen LogP contribution in [0.1, 0.15) is 70.4 Å². The number of halogens is 3. The van der Waals surface area contributed by atoms with Crippen molar-refractivity contribution in [1.29, 1.82) is 0 Å². The van der Waals surface area contributed by atoms with Crippen LogP contribution in [0.4, 0.5) is 23.7 Å². The SMILES string of the molecule is CC(C)(C)[C@@H](NC(=O)OC12CC3CC(CC(C3)C1)C2)C(=O)N[C@@H](Cc1ccccc1)C(=O)NC(Cc1ccc([NH+]=C(N)N)cc1)C(=O)C(F)(F)F. The van der Waals surface area contributed by atoms with Crippen LogP contribution in [0.2, 0.25) is 0 Å². The van der Waals surface area contributed by atoms with Gasteiger partial charge in [0.05, 0.1) is 5.69 Å². The monoisotopic (exact) mass is 713 g/mol. The maximum absolute atomic E-state index is 13.9. The number of alkyl carbamates (subject to hydrolysis) is 1. The maximum Gasteiger partial charge on any atom is 0.452 e. The number of ether oxygens (including phenoxy) is 1. The number of nitrogens with one attached hydrogen (secondary N) is 4. The third kappa shape index (κ3) is 9.79. The van der Waals surface area contributed by atoms with Gasteiger partial charge in [-0.2, -0.15) is 13.2 Å². The Balaban J connectivity index is 1.33. The first-order valence-electron chi connectivity index (χ1n) is 17.4. The molecular formula is C37H48F3N6O5+. The van der Waals surface area contributed by atoms with Gasteiger partial charge < -0.3 is 20.7 Å². The minimum Gasteiger partial charge on any atom is -0.443 e. The second-order valence-electron chi connectivity index (χ2n) is 15.6. The van der Waals surface area contributed by atoms with E-state index in [0.717, 1.165) is 38.5 Å². The number of amides is 3. The second kappa shape index (κ2) is 14.9. The fourth-order valence-electron chi connectivity index (χ4n) is 8.30. The van der Waals surface area contributed by atoms with Crippen molar-refractivity contribution in [1.82, 2.24) is 16.0 Å². The highest BCUT2D eigenvalue weighted by Gasteiger charge is 2.53. The van der Waals surface area contributed by atoms with Crippen LogP contribution in [-0.4, -0.2) is 59.6 Å². The summed E-state index contributed by atoms with van der Waals surface area (Å²) in [5.74, 6) is -2.37. The quantitative estimate of drug-likeness (QED) is 0.145. The number of guanidine groups is 1. The van der Waals surface area contributed by atoms with Gasteiger partial charge in [0, 0.05) is 12.8 Å². The second-order valence-corrected chi connectivity index (χ2v) is 15.6. The summed E-state index contributed by atoms with van der Waals surface area (Å²) in [6.07, 6.45) is -0.676. The van der Waals surface area contributed by atoms with E-state index in [-0.39, 0.29) is 12.4 Å². The summed E-state index contributed by atoms with van der Waals surface area (Å²) in [5.41, 5.74) is 10.9. The summed E-state index contributed by atoms with van der Waals surface area (Å²) in [7, 11) is 0. The van der Waals surface area contributed by atoms with Gasteiger partial charge >= 0.3 is 18.2 Å². The number of hydrogen-bond acceptors (Lipinski definition) is 5. The standard InChI is InChI=1S/C37H47F3N6O5/c1-35(2,3)29(46-34(50)51-36-18-23-13-24(19-36)15-25(14-23)20-36)32(49)45-28(17-21-7-5-4-6-8-21)31(48)44-27(30(47)37(38,39)40)16-22-9-11-26(12-10-22)43-33(41)42/h4-12,23-25,27-29H,13-20H2,1-3H3,(H,44,48)(H,45,49)(H,46,50)(H4,41,42,43)/p+1/t23?,24?,25?,27?,28-,29-,36?/m0/s1. The molecule has 4 aliphatic carbocycles. The number of benzene rings is 2. The van der Waals surface area contributed by atoms with Crippen molar-refractivity contribution < 1.29 is 42.1 Å². The smallest absolute Gasteiger partial charge is 0.443 e. The average molecular weight is 714 g/mol. The molecule has 0 aromatic heterocycles. The third-order valence-corrected chi connectivity index (χ3v) is 10.2. The van der Waals surface area contributed by atoms with E-state index in [2.05, 4.69) is 20.9 Å². The van der Waals surface area contributed by atoms with E-state index in [1.165, 1.54) is 24.3 Å². The van der Waals surface area contributed by atoms with Gasteiger partial charge in [0.15, 0.2) is 0 Å². The molecule has 4 aliphatic rings. The Bertz CT molecular complexity index is 1580. The Labute approximate surface area is 295 Å². The third-order valence-electron chi connectivity index (χ3n) is 10.2. The van der Waals surface area contributed by atoms with Crippen molar-refractivity contribution in [2.45, 2.75) is 102 Å². The number of hydrogen-bond donors (Lipinski definition) is 6. The molecule has 0 radical (unpaired) electrons. The molecule has 2 aromatic rings. The highest BCUT2D eigenvalue weighted by Crippen LogP contribution is 2.57. The fourth-order valence-corrected chi connectivity index (χ4v) is 8.30. The summed E-state index contributed by atoms with van der Waals surface area (Å²) >= 11 is 0. The van der Waals surface area contributed by atoms with Gasteiger partial charge in [-0.05, 0) is 85.0 Å². The number of nitrogens with two attached hydrogens (primary N) is 2. The number of ketones is 1. The topological polar surface area (TPSA) is 180 Å². The minimum atomic E-state index is -5.25. The van der Waals surface area contributed by atoms with E-state index in [0.29, 0.717) is 34.6 Å². The Morgan fingerprint density at radius 2 is 1.29 bits per heavy atom. The van der Waals surface area contributed by atoms with Crippen LogP contribution in [0.25, 0.3) is 0 Å². The Morgan fingerprint density at radius 1 is 0.784 bits per heavy atom. The van der Waals surface area contributed by atoms with Crippen molar-refractivity contribution in [2.75, 3.05) is 0 Å². The predicted octanol–water partition coefficient (Wildman–Crippen LogP) is 2.67. The summed E-state index contributed by atoms with van der Waals surface area (Å²) in [6, 6.07) is 10.0.